The second-order valence-corrected chi connectivity index (χ2v) is 3.60. The molecular formula is C10H19Cl2N3O. The molecule has 16 heavy (non-hydrogen) atoms. The number of hydrogen-bond acceptors (Lipinski definition) is 4. The second kappa shape index (κ2) is 8.58. The van der Waals surface area contributed by atoms with Gasteiger partial charge in [-0.1, -0.05) is 19.9 Å². The van der Waals surface area contributed by atoms with Gasteiger partial charge in [0.1, 0.15) is 5.82 Å². The smallest absolute Gasteiger partial charge is 0.123 e. The number of rotatable bonds is 4. The molecular weight excluding hydrogens is 249 g/mol. The van der Waals surface area contributed by atoms with Crippen LogP contribution in [0.1, 0.15) is 25.5 Å². The van der Waals surface area contributed by atoms with Crippen molar-refractivity contribution < 1.29 is 5.11 Å². The largest absolute Gasteiger partial charge is 0.387 e. The Hall–Kier alpha value is -0.550. The van der Waals surface area contributed by atoms with Gasteiger partial charge in [-0.3, -0.25) is 0 Å². The zero-order valence-corrected chi connectivity index (χ0v) is 11.0. The third-order valence-electron chi connectivity index (χ3n) is 1.91. The number of aliphatic hydroxyl groups excluding tert-OH is 1. The highest BCUT2D eigenvalue weighted by molar-refractivity contribution is 5.85. The van der Waals surface area contributed by atoms with E-state index >= 15 is 0 Å². The van der Waals surface area contributed by atoms with Crippen molar-refractivity contribution in [3.8, 4) is 0 Å². The van der Waals surface area contributed by atoms with Gasteiger partial charge in [-0.25, -0.2) is 4.98 Å². The number of pyridine rings is 1. The molecule has 6 heteroatoms. The molecule has 1 heterocycles. The van der Waals surface area contributed by atoms with Gasteiger partial charge >= 0.3 is 0 Å². The second-order valence-electron chi connectivity index (χ2n) is 3.60. The molecule has 0 spiro atoms. The van der Waals surface area contributed by atoms with Gasteiger partial charge in [-0.2, -0.15) is 0 Å². The number of halogens is 2. The van der Waals surface area contributed by atoms with E-state index in [1.54, 1.807) is 18.3 Å². The molecule has 0 saturated carbocycles. The van der Waals surface area contributed by atoms with E-state index in [0.29, 0.717) is 18.4 Å². The molecule has 0 fully saturated rings. The number of aromatic nitrogens is 1. The lowest BCUT2D eigenvalue weighted by atomic mass is 10.1. The predicted molar refractivity (Wildman–Crippen MR) is 71.2 cm³/mol. The fraction of sp³-hybridized carbons (Fsp3) is 0.500. The van der Waals surface area contributed by atoms with E-state index in [9.17, 15) is 5.11 Å². The molecule has 0 unspecified atom stereocenters. The number of hydrogen-bond donors (Lipinski definition) is 3. The van der Waals surface area contributed by atoms with E-state index in [-0.39, 0.29) is 24.8 Å². The molecule has 0 aliphatic heterocycles. The Bertz CT molecular complexity index is 280. The van der Waals surface area contributed by atoms with Crippen molar-refractivity contribution in [2.45, 2.75) is 26.0 Å². The van der Waals surface area contributed by atoms with Gasteiger partial charge < -0.3 is 16.2 Å². The Balaban J connectivity index is 0. The number of anilines is 1. The van der Waals surface area contributed by atoms with Crippen molar-refractivity contribution in [3.63, 3.8) is 0 Å². The zero-order valence-electron chi connectivity index (χ0n) is 9.38. The highest BCUT2D eigenvalue weighted by atomic mass is 35.5. The average Bonchev–Trinajstić information content (AvgIpc) is 2.15. The number of nitrogens with two attached hydrogens (primary N) is 1. The van der Waals surface area contributed by atoms with Gasteiger partial charge in [0, 0.05) is 24.3 Å². The zero-order chi connectivity index (χ0) is 10.6. The van der Waals surface area contributed by atoms with Crippen LogP contribution in [0.5, 0.6) is 0 Å². The molecule has 1 atom stereocenters. The van der Waals surface area contributed by atoms with Gasteiger partial charge in [0.15, 0.2) is 0 Å². The van der Waals surface area contributed by atoms with E-state index in [1.807, 2.05) is 13.8 Å². The van der Waals surface area contributed by atoms with Crippen LogP contribution >= 0.6 is 24.8 Å². The molecule has 0 aliphatic carbocycles. The van der Waals surface area contributed by atoms with E-state index < -0.39 is 6.10 Å². The summed E-state index contributed by atoms with van der Waals surface area (Å²) in [5.74, 6) is 0.470. The van der Waals surface area contributed by atoms with Crippen molar-refractivity contribution in [2.75, 3.05) is 12.3 Å². The molecule has 1 aromatic heterocycles. The summed E-state index contributed by atoms with van der Waals surface area (Å²) in [5.41, 5.74) is 6.23. The first kappa shape index (κ1) is 17.8. The number of nitrogens with one attached hydrogen (secondary N) is 1. The van der Waals surface area contributed by atoms with Crippen LogP contribution in [0, 0.1) is 0 Å². The molecule has 0 amide bonds. The highest BCUT2D eigenvalue weighted by Gasteiger charge is 2.07. The minimum Gasteiger partial charge on any atom is -0.387 e. The van der Waals surface area contributed by atoms with Crippen LogP contribution in [0.4, 0.5) is 5.82 Å². The first-order valence-corrected chi connectivity index (χ1v) is 4.72. The molecule has 0 aromatic carbocycles. The first-order valence-electron chi connectivity index (χ1n) is 4.72. The maximum absolute atomic E-state index is 9.72. The standard InChI is InChI=1S/C10H17N3O.2ClH/c1-7(2)12-6-9(14)8-3-4-10(11)13-5-8;;/h3-5,7,9,12,14H,6H2,1-2H3,(H2,11,13);2*1H/t9-;;/m0../s1. The van der Waals surface area contributed by atoms with Gasteiger partial charge in [0.2, 0.25) is 0 Å². The van der Waals surface area contributed by atoms with E-state index in [1.165, 1.54) is 0 Å². The Morgan fingerprint density at radius 1 is 1.38 bits per heavy atom. The van der Waals surface area contributed by atoms with Gasteiger partial charge in [0.25, 0.3) is 0 Å². The minimum absolute atomic E-state index is 0. The fourth-order valence-electron chi connectivity index (χ4n) is 1.08. The van der Waals surface area contributed by atoms with Crippen LogP contribution in [0.3, 0.4) is 0 Å². The van der Waals surface area contributed by atoms with Crippen molar-refractivity contribution in [1.82, 2.24) is 10.3 Å². The van der Waals surface area contributed by atoms with E-state index in [4.69, 9.17) is 5.73 Å². The number of nitrogen functional groups attached to an aromatic ring is 1. The predicted octanol–water partition coefficient (Wildman–Crippen LogP) is 1.54. The lowest BCUT2D eigenvalue weighted by Crippen LogP contribution is -2.27. The summed E-state index contributed by atoms with van der Waals surface area (Å²) in [6.45, 7) is 4.60. The molecule has 1 rings (SSSR count). The Morgan fingerprint density at radius 3 is 2.44 bits per heavy atom. The summed E-state index contributed by atoms with van der Waals surface area (Å²) >= 11 is 0. The van der Waals surface area contributed by atoms with Crippen LogP contribution in [-0.2, 0) is 0 Å². The topological polar surface area (TPSA) is 71.2 Å². The molecule has 0 radical (unpaired) electrons. The van der Waals surface area contributed by atoms with E-state index in [2.05, 4.69) is 10.3 Å². The van der Waals surface area contributed by atoms with E-state index in [0.717, 1.165) is 5.56 Å². The molecule has 4 nitrogen and oxygen atoms in total. The van der Waals surface area contributed by atoms with Gasteiger partial charge in [-0.15, -0.1) is 24.8 Å². The SMILES string of the molecule is CC(C)NC[C@H](O)c1ccc(N)nc1.Cl.Cl. The Labute approximate surface area is 108 Å². The number of aliphatic hydroxyl groups is 1. The van der Waals surface area contributed by atoms with Crippen LogP contribution in [0.25, 0.3) is 0 Å². The molecule has 0 bridgehead atoms. The Kier molecular flexibility index (Phi) is 9.57. The average molecular weight is 268 g/mol. The monoisotopic (exact) mass is 267 g/mol. The summed E-state index contributed by atoms with van der Waals surface area (Å²) in [4.78, 5) is 3.92. The summed E-state index contributed by atoms with van der Waals surface area (Å²) in [5, 5.41) is 12.9. The molecule has 0 aliphatic rings. The third kappa shape index (κ3) is 6.12. The van der Waals surface area contributed by atoms with Crippen LogP contribution < -0.4 is 11.1 Å². The highest BCUT2D eigenvalue weighted by Crippen LogP contribution is 2.11. The summed E-state index contributed by atoms with van der Waals surface area (Å²) in [6.07, 6.45) is 1.08. The summed E-state index contributed by atoms with van der Waals surface area (Å²) < 4.78 is 0. The van der Waals surface area contributed by atoms with Crippen LogP contribution in [-0.4, -0.2) is 22.7 Å². The maximum atomic E-state index is 9.72. The maximum Gasteiger partial charge on any atom is 0.123 e. The quantitative estimate of drug-likeness (QED) is 0.774. The molecule has 0 saturated heterocycles. The fourth-order valence-corrected chi connectivity index (χ4v) is 1.08. The minimum atomic E-state index is -0.523. The van der Waals surface area contributed by atoms with Crippen LogP contribution in [0.15, 0.2) is 18.3 Å². The molecule has 4 N–H and O–H groups in total. The van der Waals surface area contributed by atoms with Gasteiger partial charge in [-0.05, 0) is 6.07 Å². The number of nitrogens with zero attached hydrogens (tertiary/aromatic N) is 1. The van der Waals surface area contributed by atoms with Crippen molar-refractivity contribution >= 4 is 30.6 Å². The third-order valence-corrected chi connectivity index (χ3v) is 1.91. The lowest BCUT2D eigenvalue weighted by molar-refractivity contribution is 0.171. The van der Waals surface area contributed by atoms with Crippen molar-refractivity contribution in [3.05, 3.63) is 23.9 Å². The van der Waals surface area contributed by atoms with Crippen molar-refractivity contribution in [1.29, 1.82) is 0 Å². The normalized spacial score (nSPS) is 11.5. The van der Waals surface area contributed by atoms with Crippen LogP contribution in [0.2, 0.25) is 0 Å². The molecule has 94 valence electrons. The first-order chi connectivity index (χ1) is 6.59. The van der Waals surface area contributed by atoms with Gasteiger partial charge in [0.05, 0.1) is 6.10 Å². The molecule has 1 aromatic rings. The van der Waals surface area contributed by atoms with Crippen molar-refractivity contribution in [2.24, 2.45) is 0 Å². The summed E-state index contributed by atoms with van der Waals surface area (Å²) in [6, 6.07) is 3.84. The lowest BCUT2D eigenvalue weighted by Gasteiger charge is -2.13. The summed E-state index contributed by atoms with van der Waals surface area (Å²) in [7, 11) is 0. The Morgan fingerprint density at radius 2 is 2.00 bits per heavy atom.